The van der Waals surface area contributed by atoms with Crippen molar-refractivity contribution in [3.05, 3.63) is 52.2 Å². The summed E-state index contributed by atoms with van der Waals surface area (Å²) in [4.78, 5) is 5.62. The third-order valence-electron chi connectivity index (χ3n) is 3.35. The van der Waals surface area contributed by atoms with Gasteiger partial charge in [-0.3, -0.25) is 4.99 Å². The number of aliphatic imine (C=N–C) groups is 1. The fourth-order valence-corrected chi connectivity index (χ4v) is 2.89. The van der Waals surface area contributed by atoms with Gasteiger partial charge in [0.1, 0.15) is 11.9 Å². The van der Waals surface area contributed by atoms with E-state index in [2.05, 4.69) is 46.1 Å². The second kappa shape index (κ2) is 9.20. The Morgan fingerprint density at radius 3 is 2.83 bits per heavy atom. The molecular weight excluding hydrogens is 306 g/mol. The van der Waals surface area contributed by atoms with Crippen molar-refractivity contribution in [3.63, 3.8) is 0 Å². The van der Waals surface area contributed by atoms with Gasteiger partial charge < -0.3 is 15.4 Å². The quantitative estimate of drug-likeness (QED) is 0.605. The van der Waals surface area contributed by atoms with Crippen molar-refractivity contribution < 1.29 is 4.74 Å². The third kappa shape index (κ3) is 6.32. The maximum Gasteiger partial charge on any atom is 0.191 e. The molecule has 0 spiro atoms. The first-order chi connectivity index (χ1) is 11.2. The van der Waals surface area contributed by atoms with Crippen LogP contribution in [0.15, 0.2) is 46.8 Å². The Balaban J connectivity index is 1.70. The monoisotopic (exact) mass is 331 g/mol. The summed E-state index contributed by atoms with van der Waals surface area (Å²) >= 11 is 1.78. The van der Waals surface area contributed by atoms with Crippen LogP contribution in [0.25, 0.3) is 0 Å². The molecule has 23 heavy (non-hydrogen) atoms. The molecule has 0 aliphatic rings. The molecule has 0 bridgehead atoms. The van der Waals surface area contributed by atoms with Gasteiger partial charge in [0.25, 0.3) is 0 Å². The lowest BCUT2D eigenvalue weighted by Crippen LogP contribution is -2.42. The maximum absolute atomic E-state index is 5.91. The van der Waals surface area contributed by atoms with E-state index < -0.39 is 0 Å². The van der Waals surface area contributed by atoms with Crippen LogP contribution in [0.2, 0.25) is 0 Å². The number of nitrogens with zero attached hydrogens (tertiary/aromatic N) is 1. The van der Waals surface area contributed by atoms with Crippen LogP contribution >= 0.6 is 11.3 Å². The van der Waals surface area contributed by atoms with Crippen molar-refractivity contribution in [2.75, 3.05) is 20.1 Å². The van der Waals surface area contributed by atoms with Gasteiger partial charge in [0.15, 0.2) is 5.96 Å². The Hall–Kier alpha value is -2.01. The summed E-state index contributed by atoms with van der Waals surface area (Å²) in [6.07, 6.45) is 1.07. The lowest BCUT2D eigenvalue weighted by Gasteiger charge is -2.18. The number of nitrogens with one attached hydrogen (secondary N) is 2. The maximum atomic E-state index is 5.91. The second-order valence-electron chi connectivity index (χ2n) is 5.45. The van der Waals surface area contributed by atoms with Crippen LogP contribution in [0.1, 0.15) is 17.4 Å². The third-order valence-corrected chi connectivity index (χ3v) is 4.29. The molecule has 2 rings (SSSR count). The summed E-state index contributed by atoms with van der Waals surface area (Å²) in [5.41, 5.74) is 1.20. The fourth-order valence-electron chi connectivity index (χ4n) is 2.18. The highest BCUT2D eigenvalue weighted by molar-refractivity contribution is 7.09. The van der Waals surface area contributed by atoms with Crippen molar-refractivity contribution in [3.8, 4) is 5.75 Å². The second-order valence-corrected chi connectivity index (χ2v) is 6.49. The first kappa shape index (κ1) is 17.3. The number of ether oxygens (including phenoxy) is 1. The summed E-state index contributed by atoms with van der Waals surface area (Å²) in [7, 11) is 1.78. The highest BCUT2D eigenvalue weighted by atomic mass is 32.1. The minimum Gasteiger partial charge on any atom is -0.489 e. The zero-order valence-electron chi connectivity index (χ0n) is 14.0. The molecule has 1 aromatic carbocycles. The zero-order valence-corrected chi connectivity index (χ0v) is 14.8. The molecule has 1 atom stereocenters. The van der Waals surface area contributed by atoms with E-state index in [0.29, 0.717) is 6.54 Å². The molecule has 1 unspecified atom stereocenters. The highest BCUT2D eigenvalue weighted by Gasteiger charge is 2.06. The Labute approximate surface area is 142 Å². The topological polar surface area (TPSA) is 45.7 Å². The van der Waals surface area contributed by atoms with E-state index in [-0.39, 0.29) is 6.10 Å². The van der Waals surface area contributed by atoms with Gasteiger partial charge in [-0.25, -0.2) is 0 Å². The molecule has 1 heterocycles. The summed E-state index contributed by atoms with van der Waals surface area (Å²) in [6, 6.07) is 12.3. The molecule has 0 aliphatic carbocycles. The van der Waals surface area contributed by atoms with Gasteiger partial charge >= 0.3 is 0 Å². The van der Waals surface area contributed by atoms with Crippen LogP contribution in [0.5, 0.6) is 5.75 Å². The minimum atomic E-state index is 0.0626. The van der Waals surface area contributed by atoms with Crippen molar-refractivity contribution in [1.82, 2.24) is 10.6 Å². The standard InChI is InChI=1S/C18H25N3OS/c1-14-6-4-7-16(12-14)22-15(2)13-21-18(19-3)20-10-9-17-8-5-11-23-17/h4-8,11-12,15H,9-10,13H2,1-3H3,(H2,19,20,21). The zero-order chi connectivity index (χ0) is 16.5. The van der Waals surface area contributed by atoms with Crippen LogP contribution < -0.4 is 15.4 Å². The summed E-state index contributed by atoms with van der Waals surface area (Å²) in [5, 5.41) is 8.73. The van der Waals surface area contributed by atoms with E-state index >= 15 is 0 Å². The van der Waals surface area contributed by atoms with E-state index in [1.807, 2.05) is 25.1 Å². The van der Waals surface area contributed by atoms with E-state index in [9.17, 15) is 0 Å². The van der Waals surface area contributed by atoms with Crippen molar-refractivity contribution in [2.45, 2.75) is 26.4 Å². The predicted octanol–water partition coefficient (Wildman–Crippen LogP) is 3.23. The molecule has 0 amide bonds. The van der Waals surface area contributed by atoms with Gasteiger partial charge in [0.2, 0.25) is 0 Å². The van der Waals surface area contributed by atoms with Gasteiger partial charge in [0, 0.05) is 18.5 Å². The molecule has 0 saturated heterocycles. The van der Waals surface area contributed by atoms with Gasteiger partial charge in [0.05, 0.1) is 6.54 Å². The molecule has 1 aromatic heterocycles. The van der Waals surface area contributed by atoms with E-state index in [1.165, 1.54) is 10.4 Å². The first-order valence-electron chi connectivity index (χ1n) is 7.87. The molecule has 0 aliphatic heterocycles. The Kier molecular flexibility index (Phi) is 6.94. The first-order valence-corrected chi connectivity index (χ1v) is 8.75. The summed E-state index contributed by atoms with van der Waals surface area (Å²) < 4.78 is 5.91. The lowest BCUT2D eigenvalue weighted by atomic mass is 10.2. The van der Waals surface area contributed by atoms with Crippen LogP contribution in [0.3, 0.4) is 0 Å². The SMILES string of the molecule is CN=C(NCCc1cccs1)NCC(C)Oc1cccc(C)c1. The van der Waals surface area contributed by atoms with E-state index in [4.69, 9.17) is 4.74 Å². The van der Waals surface area contributed by atoms with Gasteiger partial charge in [-0.05, 0) is 49.4 Å². The molecule has 2 aromatic rings. The average Bonchev–Trinajstić information content (AvgIpc) is 3.04. The predicted molar refractivity (Wildman–Crippen MR) is 98.7 cm³/mol. The molecule has 0 saturated carbocycles. The summed E-state index contributed by atoms with van der Waals surface area (Å²) in [5.74, 6) is 1.71. The number of guanidine groups is 1. The highest BCUT2D eigenvalue weighted by Crippen LogP contribution is 2.13. The average molecular weight is 331 g/mol. The Morgan fingerprint density at radius 1 is 1.26 bits per heavy atom. The number of thiophene rings is 1. The Morgan fingerprint density at radius 2 is 2.13 bits per heavy atom. The van der Waals surface area contributed by atoms with Gasteiger partial charge in [-0.2, -0.15) is 0 Å². The van der Waals surface area contributed by atoms with Crippen LogP contribution in [-0.4, -0.2) is 32.2 Å². The molecule has 0 fully saturated rings. The van der Waals surface area contributed by atoms with Crippen LogP contribution in [-0.2, 0) is 6.42 Å². The smallest absolute Gasteiger partial charge is 0.191 e. The molecule has 124 valence electrons. The van der Waals surface area contributed by atoms with Crippen molar-refractivity contribution in [1.29, 1.82) is 0 Å². The molecule has 2 N–H and O–H groups in total. The van der Waals surface area contributed by atoms with E-state index in [1.54, 1.807) is 18.4 Å². The molecular formula is C18H25N3OS. The fraction of sp³-hybridized carbons (Fsp3) is 0.389. The van der Waals surface area contributed by atoms with Gasteiger partial charge in [-0.15, -0.1) is 11.3 Å². The lowest BCUT2D eigenvalue weighted by molar-refractivity contribution is 0.223. The largest absolute Gasteiger partial charge is 0.489 e. The molecule has 5 heteroatoms. The molecule has 0 radical (unpaired) electrons. The number of hydrogen-bond acceptors (Lipinski definition) is 3. The van der Waals surface area contributed by atoms with Crippen molar-refractivity contribution >= 4 is 17.3 Å². The molecule has 4 nitrogen and oxygen atoms in total. The van der Waals surface area contributed by atoms with Crippen LogP contribution in [0, 0.1) is 6.92 Å². The number of rotatable bonds is 7. The number of hydrogen-bond donors (Lipinski definition) is 2. The van der Waals surface area contributed by atoms with Crippen molar-refractivity contribution in [2.24, 2.45) is 4.99 Å². The number of benzene rings is 1. The normalized spacial score (nSPS) is 12.7. The summed E-state index contributed by atoms with van der Waals surface area (Å²) in [6.45, 7) is 5.68. The minimum absolute atomic E-state index is 0.0626. The van der Waals surface area contributed by atoms with Gasteiger partial charge in [-0.1, -0.05) is 18.2 Å². The Bertz CT molecular complexity index is 610. The number of aryl methyl sites for hydroxylation is 1. The van der Waals surface area contributed by atoms with Crippen LogP contribution in [0.4, 0.5) is 0 Å². The van der Waals surface area contributed by atoms with E-state index in [0.717, 1.165) is 24.7 Å².